The van der Waals surface area contributed by atoms with Crippen LogP contribution in [-0.2, 0) is 63.8 Å². The SMILES string of the molecule is C[C@@]12C[C@@H]1N(C(=O)CNC(=O)COCCOCCNC(=O)COCCOCCNC(=O)CC[C@H](NC(=O)CCCCCCCCCCCCCCCCC(=O)O)C(=O)O)[C@H](C(=O)NCc1cc(C(=N)N)cs1)C2. The molecule has 0 spiro atoms. The van der Waals surface area contributed by atoms with Gasteiger partial charge in [0.15, 0.2) is 0 Å². The van der Waals surface area contributed by atoms with Gasteiger partial charge in [-0.05, 0) is 43.6 Å². The Morgan fingerprint density at radius 1 is 0.685 bits per heavy atom. The number of rotatable bonds is 44. The molecule has 0 bridgehead atoms. The third-order valence-electron chi connectivity index (χ3n) is 12.7. The Morgan fingerprint density at radius 2 is 1.21 bits per heavy atom. The number of amides is 6. The zero-order valence-corrected chi connectivity index (χ0v) is 43.6. The van der Waals surface area contributed by atoms with Gasteiger partial charge in [-0.15, -0.1) is 11.3 Å². The third-order valence-corrected chi connectivity index (χ3v) is 13.7. The minimum absolute atomic E-state index is 0.0420. The van der Waals surface area contributed by atoms with E-state index in [0.29, 0.717) is 18.4 Å². The number of thiophene rings is 1. The fourth-order valence-electron chi connectivity index (χ4n) is 8.50. The summed E-state index contributed by atoms with van der Waals surface area (Å²) >= 11 is 1.38. The molecule has 0 radical (unpaired) electrons. The predicted molar refractivity (Wildman–Crippen MR) is 272 cm³/mol. The highest BCUT2D eigenvalue weighted by Gasteiger charge is 2.64. The number of unbranched alkanes of at least 4 members (excludes halogenated alkanes) is 13. The van der Waals surface area contributed by atoms with Gasteiger partial charge in [-0.2, -0.15) is 0 Å². The molecule has 4 atom stereocenters. The number of ether oxygens (including phenoxy) is 4. The molecule has 73 heavy (non-hydrogen) atoms. The third kappa shape index (κ3) is 27.0. The van der Waals surface area contributed by atoms with Crippen LogP contribution in [0.15, 0.2) is 11.4 Å². The predicted octanol–water partition coefficient (Wildman–Crippen LogP) is 3.12. The van der Waals surface area contributed by atoms with Crippen LogP contribution in [0.4, 0.5) is 0 Å². The topological polar surface area (TPSA) is 327 Å². The molecule has 1 aromatic heterocycles. The second kappa shape index (κ2) is 35.8. The zero-order chi connectivity index (χ0) is 53.3. The van der Waals surface area contributed by atoms with E-state index in [0.717, 1.165) is 56.2 Å². The highest BCUT2D eigenvalue weighted by atomic mass is 32.1. The van der Waals surface area contributed by atoms with Crippen molar-refractivity contribution in [2.75, 3.05) is 72.5 Å². The van der Waals surface area contributed by atoms with Crippen LogP contribution in [0.2, 0.25) is 0 Å². The largest absolute Gasteiger partial charge is 0.481 e. The lowest BCUT2D eigenvalue weighted by molar-refractivity contribution is -0.142. The highest BCUT2D eigenvalue weighted by Crippen LogP contribution is 2.59. The summed E-state index contributed by atoms with van der Waals surface area (Å²) < 4.78 is 21.5. The van der Waals surface area contributed by atoms with Gasteiger partial charge in [-0.25, -0.2) is 4.79 Å². The van der Waals surface area contributed by atoms with Crippen LogP contribution in [0, 0.1) is 10.8 Å². The number of amidine groups is 1. The van der Waals surface area contributed by atoms with Gasteiger partial charge in [0.05, 0.1) is 52.7 Å². The molecular weight excluding hydrogens is 969 g/mol. The van der Waals surface area contributed by atoms with Gasteiger partial charge in [-0.3, -0.25) is 39.0 Å². The van der Waals surface area contributed by atoms with Gasteiger partial charge >= 0.3 is 11.9 Å². The van der Waals surface area contributed by atoms with Gasteiger partial charge in [0.1, 0.15) is 31.1 Å². The van der Waals surface area contributed by atoms with Gasteiger partial charge in [0.2, 0.25) is 35.4 Å². The standard InChI is InChI=1S/C50H82N8O14S/c1-50-29-39(48(66)56-31-37-28-36(35-73-37)47(51)52)58(40(50)30-50)45(63)32-55-44(62)34-72-27-25-70-23-21-54-43(61)33-71-26-24-69-22-20-53-41(59)19-18-38(49(67)68)57-42(60)16-14-12-10-8-6-4-2-3-5-7-9-11-13-15-17-46(64)65/h28,35,38-40H,2-27,29-34H2,1H3,(H3,51,52)(H,53,59)(H,54,61)(H,55,62)(H,56,66)(H,57,60)(H,64,65)(H,67,68)/t38-,39-,40-,50+/m0/s1. The van der Waals surface area contributed by atoms with Crippen LogP contribution in [0.3, 0.4) is 0 Å². The van der Waals surface area contributed by atoms with Gasteiger partial charge in [0.25, 0.3) is 0 Å². The summed E-state index contributed by atoms with van der Waals surface area (Å²) in [6.07, 6.45) is 16.7. The Hall–Kier alpha value is -5.23. The number of hydrogen-bond acceptors (Lipinski definition) is 14. The van der Waals surface area contributed by atoms with Crippen molar-refractivity contribution in [1.29, 1.82) is 5.41 Å². The maximum absolute atomic E-state index is 13.2. The maximum Gasteiger partial charge on any atom is 0.326 e. The molecule has 0 aromatic carbocycles. The molecule has 23 heteroatoms. The summed E-state index contributed by atoms with van der Waals surface area (Å²) in [5.74, 6) is -4.13. The lowest BCUT2D eigenvalue weighted by Gasteiger charge is -2.27. The van der Waals surface area contributed by atoms with Crippen molar-refractivity contribution in [2.45, 2.75) is 160 Å². The first kappa shape index (κ1) is 62.1. The highest BCUT2D eigenvalue weighted by molar-refractivity contribution is 7.10. The summed E-state index contributed by atoms with van der Waals surface area (Å²) in [6.45, 7) is 2.91. The maximum atomic E-state index is 13.2. The Morgan fingerprint density at radius 3 is 1.74 bits per heavy atom. The van der Waals surface area contributed by atoms with Crippen molar-refractivity contribution >= 4 is 64.6 Å². The summed E-state index contributed by atoms with van der Waals surface area (Å²) in [5.41, 5.74) is 5.99. The van der Waals surface area contributed by atoms with Crippen molar-refractivity contribution in [3.05, 3.63) is 21.9 Å². The number of carbonyl (C=O) groups is 8. The first-order chi connectivity index (χ1) is 35.1. The Balaban J connectivity index is 1.07. The van der Waals surface area contributed by atoms with Crippen LogP contribution in [0.25, 0.3) is 0 Å². The number of fused-ring (bicyclic) bond motifs is 1. The van der Waals surface area contributed by atoms with Crippen LogP contribution < -0.4 is 32.3 Å². The summed E-state index contributed by atoms with van der Waals surface area (Å²) in [5, 5.41) is 40.8. The normalized spacial score (nSPS) is 17.0. The van der Waals surface area contributed by atoms with Crippen molar-refractivity contribution in [2.24, 2.45) is 11.1 Å². The van der Waals surface area contributed by atoms with E-state index in [9.17, 15) is 43.5 Å². The Kier molecular flexibility index (Phi) is 30.5. The first-order valence-electron chi connectivity index (χ1n) is 25.9. The second-order valence-corrected chi connectivity index (χ2v) is 20.0. The van der Waals surface area contributed by atoms with Crippen LogP contribution in [-0.4, -0.2) is 159 Å². The lowest BCUT2D eigenvalue weighted by atomic mass is 10.0. The van der Waals surface area contributed by atoms with Gasteiger partial charge < -0.3 is 66.4 Å². The number of nitrogens with one attached hydrogen (secondary N) is 6. The number of nitrogen functional groups attached to an aromatic ring is 1. The van der Waals surface area contributed by atoms with Crippen molar-refractivity contribution in [3.8, 4) is 0 Å². The van der Waals surface area contributed by atoms with Crippen LogP contribution in [0.1, 0.15) is 146 Å². The van der Waals surface area contributed by atoms with E-state index in [-0.39, 0.29) is 152 Å². The van der Waals surface area contributed by atoms with Gasteiger partial charge in [0, 0.05) is 54.2 Å². The van der Waals surface area contributed by atoms with E-state index in [4.69, 9.17) is 35.2 Å². The number of hydrogen-bond donors (Lipinski definition) is 9. The van der Waals surface area contributed by atoms with Crippen molar-refractivity contribution in [1.82, 2.24) is 31.5 Å². The monoisotopic (exact) mass is 1050 g/mol. The fraction of sp³-hybridized carbons (Fsp3) is 0.740. The molecule has 6 amide bonds. The second-order valence-electron chi connectivity index (χ2n) is 19.0. The lowest BCUT2D eigenvalue weighted by Crippen LogP contribution is -2.50. The number of likely N-dealkylation sites (tertiary alicyclic amines) is 1. The van der Waals surface area contributed by atoms with E-state index < -0.39 is 29.9 Å². The van der Waals surface area contributed by atoms with Crippen LogP contribution in [0.5, 0.6) is 0 Å². The molecular formula is C50H82N8O14S. The summed E-state index contributed by atoms with van der Waals surface area (Å²) in [7, 11) is 0. The van der Waals surface area contributed by atoms with E-state index in [2.05, 4.69) is 26.6 Å². The summed E-state index contributed by atoms with van der Waals surface area (Å²) in [4.78, 5) is 99.9. The number of aliphatic carboxylic acids is 2. The number of nitrogens with zero attached hydrogens (tertiary/aromatic N) is 1. The van der Waals surface area contributed by atoms with E-state index >= 15 is 0 Å². The molecule has 2 fully saturated rings. The number of nitrogens with two attached hydrogens (primary N) is 1. The molecule has 2 aliphatic rings. The van der Waals surface area contributed by atoms with E-state index in [1.54, 1.807) is 16.3 Å². The fourth-order valence-corrected chi connectivity index (χ4v) is 9.32. The molecule has 1 saturated heterocycles. The molecule has 1 aromatic rings. The molecule has 1 aliphatic heterocycles. The molecule has 1 aliphatic carbocycles. The molecule has 0 unspecified atom stereocenters. The molecule has 1 saturated carbocycles. The summed E-state index contributed by atoms with van der Waals surface area (Å²) in [6, 6.07) is -0.107. The van der Waals surface area contributed by atoms with E-state index in [1.165, 1.54) is 49.9 Å². The molecule has 2 heterocycles. The zero-order valence-electron chi connectivity index (χ0n) is 42.7. The number of piperidine rings is 1. The first-order valence-corrected chi connectivity index (χ1v) is 26.8. The Labute approximate surface area is 433 Å². The van der Waals surface area contributed by atoms with Crippen LogP contribution >= 0.6 is 11.3 Å². The molecule has 22 nitrogen and oxygen atoms in total. The number of carboxylic acid groups (broad SMARTS) is 2. The Bertz CT molecular complexity index is 1900. The quantitative estimate of drug-likeness (QED) is 0.0258. The smallest absolute Gasteiger partial charge is 0.326 e. The van der Waals surface area contributed by atoms with Crippen molar-refractivity contribution < 1.29 is 67.5 Å². The molecule has 10 N–H and O–H groups in total. The minimum atomic E-state index is -1.19. The average Bonchev–Trinajstić information content (AvgIpc) is 3.61. The molecule has 412 valence electrons. The molecule has 3 rings (SSSR count). The van der Waals surface area contributed by atoms with E-state index in [1.807, 2.05) is 6.92 Å². The van der Waals surface area contributed by atoms with Crippen molar-refractivity contribution in [3.63, 3.8) is 0 Å². The van der Waals surface area contributed by atoms with Gasteiger partial charge in [-0.1, -0.05) is 84.0 Å². The average molecular weight is 1050 g/mol. The number of carbonyl (C=O) groups excluding carboxylic acids is 6. The minimum Gasteiger partial charge on any atom is -0.481 e. The number of carboxylic acids is 2.